The summed E-state index contributed by atoms with van der Waals surface area (Å²) in [5, 5.41) is 8.91. The first-order chi connectivity index (χ1) is 7.22. The quantitative estimate of drug-likeness (QED) is 0.714. The lowest BCUT2D eigenvalue weighted by atomic mass is 10.2. The van der Waals surface area contributed by atoms with Crippen molar-refractivity contribution >= 4 is 11.4 Å². The summed E-state index contributed by atoms with van der Waals surface area (Å²) in [4.78, 5) is 2.06. The summed E-state index contributed by atoms with van der Waals surface area (Å²) in [7, 11) is 1.60. The van der Waals surface area contributed by atoms with Crippen molar-refractivity contribution in [2.75, 3.05) is 37.4 Å². The van der Waals surface area contributed by atoms with Gasteiger partial charge in [0.2, 0.25) is 0 Å². The third-order valence-corrected chi connectivity index (χ3v) is 2.33. The second kappa shape index (κ2) is 5.46. The molecule has 1 rings (SSSR count). The number of hydrogen-bond donors (Lipinski definition) is 2. The molecule has 0 unspecified atom stereocenters. The molecule has 1 aromatic rings. The van der Waals surface area contributed by atoms with E-state index in [2.05, 4.69) is 4.90 Å². The zero-order valence-corrected chi connectivity index (χ0v) is 9.23. The molecule has 0 aliphatic heterocycles. The molecule has 0 aliphatic rings. The molecule has 0 amide bonds. The molecule has 84 valence electrons. The van der Waals surface area contributed by atoms with Crippen LogP contribution in [0.2, 0.25) is 0 Å². The van der Waals surface area contributed by atoms with Crippen LogP contribution in [0.25, 0.3) is 0 Å². The summed E-state index contributed by atoms with van der Waals surface area (Å²) in [5.41, 5.74) is 7.36. The second-order valence-electron chi connectivity index (χ2n) is 3.23. The van der Waals surface area contributed by atoms with Gasteiger partial charge in [-0.3, -0.25) is 0 Å². The number of methoxy groups -OCH3 is 1. The molecule has 0 heterocycles. The molecule has 0 bridgehead atoms. The second-order valence-corrected chi connectivity index (χ2v) is 3.23. The van der Waals surface area contributed by atoms with E-state index in [0.717, 1.165) is 12.2 Å². The Morgan fingerprint density at radius 1 is 1.47 bits per heavy atom. The van der Waals surface area contributed by atoms with Crippen LogP contribution in [-0.2, 0) is 0 Å². The highest BCUT2D eigenvalue weighted by atomic mass is 16.5. The molecule has 3 N–H and O–H groups in total. The van der Waals surface area contributed by atoms with E-state index < -0.39 is 0 Å². The van der Waals surface area contributed by atoms with Crippen LogP contribution in [0.1, 0.15) is 6.92 Å². The number of nitrogens with two attached hydrogens (primary N) is 1. The van der Waals surface area contributed by atoms with Gasteiger partial charge < -0.3 is 20.5 Å². The van der Waals surface area contributed by atoms with E-state index in [0.29, 0.717) is 18.0 Å². The molecular formula is C11H18N2O2. The fourth-order valence-corrected chi connectivity index (χ4v) is 1.49. The number of hydrogen-bond acceptors (Lipinski definition) is 4. The summed E-state index contributed by atoms with van der Waals surface area (Å²) < 4.78 is 5.14. The van der Waals surface area contributed by atoms with E-state index in [1.807, 2.05) is 25.1 Å². The molecule has 0 saturated carbocycles. The topological polar surface area (TPSA) is 58.7 Å². The largest absolute Gasteiger partial charge is 0.495 e. The van der Waals surface area contributed by atoms with Crippen molar-refractivity contribution in [3.05, 3.63) is 18.2 Å². The smallest absolute Gasteiger partial charge is 0.143 e. The van der Waals surface area contributed by atoms with E-state index in [1.54, 1.807) is 7.11 Å². The zero-order chi connectivity index (χ0) is 11.3. The lowest BCUT2D eigenvalue weighted by Gasteiger charge is -2.22. The number of rotatable bonds is 5. The summed E-state index contributed by atoms with van der Waals surface area (Å²) in [6.45, 7) is 3.64. The average Bonchev–Trinajstić information content (AvgIpc) is 2.27. The molecule has 1 aromatic carbocycles. The molecule has 4 nitrogen and oxygen atoms in total. The minimum atomic E-state index is 0.139. The van der Waals surface area contributed by atoms with Gasteiger partial charge in [0.1, 0.15) is 5.75 Å². The number of ether oxygens (including phenoxy) is 1. The van der Waals surface area contributed by atoms with Gasteiger partial charge in [-0.25, -0.2) is 0 Å². The van der Waals surface area contributed by atoms with Crippen LogP contribution in [-0.4, -0.2) is 31.9 Å². The normalized spacial score (nSPS) is 10.1. The third kappa shape index (κ3) is 2.76. The van der Waals surface area contributed by atoms with E-state index in [4.69, 9.17) is 15.6 Å². The van der Waals surface area contributed by atoms with E-state index >= 15 is 0 Å². The third-order valence-electron chi connectivity index (χ3n) is 2.33. The molecule has 0 fully saturated rings. The Kier molecular flexibility index (Phi) is 4.24. The number of anilines is 2. The highest BCUT2D eigenvalue weighted by Crippen LogP contribution is 2.27. The maximum atomic E-state index is 8.91. The molecule has 0 spiro atoms. The molecule has 15 heavy (non-hydrogen) atoms. The predicted molar refractivity (Wildman–Crippen MR) is 62.4 cm³/mol. The molecule has 0 radical (unpaired) electrons. The molecule has 0 saturated heterocycles. The Morgan fingerprint density at radius 2 is 2.20 bits per heavy atom. The number of benzene rings is 1. The Morgan fingerprint density at radius 3 is 2.73 bits per heavy atom. The van der Waals surface area contributed by atoms with Crippen LogP contribution in [0.3, 0.4) is 0 Å². The molecule has 4 heteroatoms. The van der Waals surface area contributed by atoms with E-state index in [-0.39, 0.29) is 6.61 Å². The van der Waals surface area contributed by atoms with Crippen molar-refractivity contribution in [3.63, 3.8) is 0 Å². The Hall–Kier alpha value is -1.42. The van der Waals surface area contributed by atoms with Crippen LogP contribution in [0.15, 0.2) is 18.2 Å². The minimum absolute atomic E-state index is 0.139. The highest BCUT2D eigenvalue weighted by Gasteiger charge is 2.06. The van der Waals surface area contributed by atoms with Crippen LogP contribution < -0.4 is 15.4 Å². The van der Waals surface area contributed by atoms with Gasteiger partial charge in [-0.15, -0.1) is 0 Å². The van der Waals surface area contributed by atoms with Gasteiger partial charge in [0.15, 0.2) is 0 Å². The summed E-state index contributed by atoms with van der Waals surface area (Å²) in [6.07, 6.45) is 0. The van der Waals surface area contributed by atoms with Gasteiger partial charge in [0.05, 0.1) is 19.4 Å². The summed E-state index contributed by atoms with van der Waals surface area (Å²) >= 11 is 0. The van der Waals surface area contributed by atoms with Gasteiger partial charge in [-0.05, 0) is 19.1 Å². The SMILES string of the molecule is CCN(CCO)c1ccc(N)c(OC)c1. The first-order valence-electron chi connectivity index (χ1n) is 5.02. The minimum Gasteiger partial charge on any atom is -0.495 e. The number of likely N-dealkylation sites (N-methyl/N-ethyl adjacent to an activating group) is 1. The summed E-state index contributed by atoms with van der Waals surface area (Å²) in [6, 6.07) is 5.62. The number of aliphatic hydroxyl groups is 1. The van der Waals surface area contributed by atoms with Gasteiger partial charge in [-0.1, -0.05) is 0 Å². The maximum absolute atomic E-state index is 8.91. The molecule has 0 atom stereocenters. The van der Waals surface area contributed by atoms with Crippen LogP contribution >= 0.6 is 0 Å². The first kappa shape index (κ1) is 11.7. The van der Waals surface area contributed by atoms with Crippen molar-refractivity contribution in [1.82, 2.24) is 0 Å². The van der Waals surface area contributed by atoms with Crippen molar-refractivity contribution < 1.29 is 9.84 Å². The van der Waals surface area contributed by atoms with Crippen LogP contribution in [0, 0.1) is 0 Å². The Labute approximate surface area is 90.3 Å². The lowest BCUT2D eigenvalue weighted by Crippen LogP contribution is -2.26. The predicted octanol–water partition coefficient (Wildman–Crippen LogP) is 1.10. The summed E-state index contributed by atoms with van der Waals surface area (Å²) in [5.74, 6) is 0.670. The standard InChI is InChI=1S/C11H18N2O2/c1-3-13(6-7-14)9-4-5-10(12)11(8-9)15-2/h4-5,8,14H,3,6-7,12H2,1-2H3. The monoisotopic (exact) mass is 210 g/mol. The lowest BCUT2D eigenvalue weighted by molar-refractivity contribution is 0.302. The van der Waals surface area contributed by atoms with Gasteiger partial charge >= 0.3 is 0 Å². The first-order valence-corrected chi connectivity index (χ1v) is 5.02. The van der Waals surface area contributed by atoms with Crippen molar-refractivity contribution in [1.29, 1.82) is 0 Å². The van der Waals surface area contributed by atoms with Gasteiger partial charge in [-0.2, -0.15) is 0 Å². The van der Waals surface area contributed by atoms with Gasteiger partial charge in [0, 0.05) is 24.8 Å². The van der Waals surface area contributed by atoms with E-state index in [1.165, 1.54) is 0 Å². The zero-order valence-electron chi connectivity index (χ0n) is 9.23. The fraction of sp³-hybridized carbons (Fsp3) is 0.455. The Balaban J connectivity index is 2.92. The molecular weight excluding hydrogens is 192 g/mol. The number of nitrogen functional groups attached to an aromatic ring is 1. The fourth-order valence-electron chi connectivity index (χ4n) is 1.49. The Bertz CT molecular complexity index is 315. The van der Waals surface area contributed by atoms with Crippen molar-refractivity contribution in [3.8, 4) is 5.75 Å². The maximum Gasteiger partial charge on any atom is 0.143 e. The van der Waals surface area contributed by atoms with Crippen LogP contribution in [0.4, 0.5) is 11.4 Å². The van der Waals surface area contributed by atoms with Crippen LogP contribution in [0.5, 0.6) is 5.75 Å². The molecule has 0 aromatic heterocycles. The number of nitrogens with zero attached hydrogens (tertiary/aromatic N) is 1. The van der Waals surface area contributed by atoms with Crippen molar-refractivity contribution in [2.45, 2.75) is 6.92 Å². The van der Waals surface area contributed by atoms with Gasteiger partial charge in [0.25, 0.3) is 0 Å². The highest BCUT2D eigenvalue weighted by molar-refractivity contribution is 5.62. The average molecular weight is 210 g/mol. The van der Waals surface area contributed by atoms with Crippen molar-refractivity contribution in [2.24, 2.45) is 0 Å². The number of aliphatic hydroxyl groups excluding tert-OH is 1. The van der Waals surface area contributed by atoms with E-state index in [9.17, 15) is 0 Å². The molecule has 0 aliphatic carbocycles.